The summed E-state index contributed by atoms with van der Waals surface area (Å²) in [7, 11) is 0. The van der Waals surface area contributed by atoms with Gasteiger partial charge in [-0.1, -0.05) is 18.2 Å². The molecule has 0 saturated heterocycles. The fourth-order valence-electron chi connectivity index (χ4n) is 1.89. The maximum Gasteiger partial charge on any atom is 0.271 e. The van der Waals surface area contributed by atoms with Gasteiger partial charge in [0.1, 0.15) is 11.6 Å². The molecule has 0 unspecified atom stereocenters. The van der Waals surface area contributed by atoms with Crippen LogP contribution in [0.25, 0.3) is 5.65 Å². The third kappa shape index (κ3) is 1.90. The van der Waals surface area contributed by atoms with Crippen molar-refractivity contribution in [1.29, 1.82) is 0 Å². The molecule has 0 fully saturated rings. The van der Waals surface area contributed by atoms with Gasteiger partial charge in [0.2, 0.25) is 0 Å². The zero-order valence-corrected chi connectivity index (χ0v) is 9.43. The number of pyridine rings is 1. The molecule has 0 spiro atoms. The van der Waals surface area contributed by atoms with Crippen LogP contribution < -0.4 is 5.56 Å². The summed E-state index contributed by atoms with van der Waals surface area (Å²) < 4.78 is 14.4. The maximum atomic E-state index is 13.1. The zero-order chi connectivity index (χ0) is 12.5. The molecule has 3 aromatic rings. The van der Waals surface area contributed by atoms with E-state index >= 15 is 0 Å². The summed E-state index contributed by atoms with van der Waals surface area (Å²) in [6.45, 7) is 0. The average Bonchev–Trinajstić information content (AvgIpc) is 2.73. The van der Waals surface area contributed by atoms with E-state index in [4.69, 9.17) is 0 Å². The van der Waals surface area contributed by atoms with Crippen LogP contribution in [0.2, 0.25) is 0 Å². The van der Waals surface area contributed by atoms with E-state index < -0.39 is 0 Å². The Morgan fingerprint density at radius 1 is 1.22 bits per heavy atom. The Hall–Kier alpha value is -2.43. The largest absolute Gasteiger partial charge is 0.276 e. The third-order valence-electron chi connectivity index (χ3n) is 2.68. The second-order valence-electron chi connectivity index (χ2n) is 4.03. The molecular weight excluding hydrogens is 233 g/mol. The van der Waals surface area contributed by atoms with Gasteiger partial charge in [-0.15, -0.1) is 0 Å². The summed E-state index contributed by atoms with van der Waals surface area (Å²) >= 11 is 0. The van der Waals surface area contributed by atoms with Crippen molar-refractivity contribution in [2.45, 2.75) is 6.42 Å². The molecule has 5 heteroatoms. The van der Waals surface area contributed by atoms with Gasteiger partial charge in [0.15, 0.2) is 5.65 Å². The van der Waals surface area contributed by atoms with E-state index in [0.29, 0.717) is 17.9 Å². The SMILES string of the molecule is O=c1cccc2nc(Cc3cccc(F)c3)[nH]n12. The summed E-state index contributed by atoms with van der Waals surface area (Å²) in [4.78, 5) is 15.8. The Morgan fingerprint density at radius 3 is 2.83 bits per heavy atom. The van der Waals surface area contributed by atoms with Crippen molar-refractivity contribution < 1.29 is 4.39 Å². The van der Waals surface area contributed by atoms with Crippen LogP contribution in [-0.2, 0) is 6.42 Å². The number of aromatic nitrogens is 3. The fourth-order valence-corrected chi connectivity index (χ4v) is 1.89. The van der Waals surface area contributed by atoms with Crippen molar-refractivity contribution >= 4 is 5.65 Å². The molecule has 18 heavy (non-hydrogen) atoms. The van der Waals surface area contributed by atoms with Gasteiger partial charge in [-0.3, -0.25) is 9.89 Å². The minimum absolute atomic E-state index is 0.162. The number of rotatable bonds is 2. The third-order valence-corrected chi connectivity index (χ3v) is 2.68. The van der Waals surface area contributed by atoms with Crippen LogP contribution >= 0.6 is 0 Å². The van der Waals surface area contributed by atoms with E-state index in [0.717, 1.165) is 5.56 Å². The number of hydrogen-bond donors (Lipinski definition) is 1. The van der Waals surface area contributed by atoms with Gasteiger partial charge in [-0.25, -0.2) is 13.9 Å². The first kappa shape index (κ1) is 10.7. The van der Waals surface area contributed by atoms with Crippen LogP contribution in [0.5, 0.6) is 0 Å². The second kappa shape index (κ2) is 4.10. The molecule has 0 bridgehead atoms. The molecular formula is C13H10FN3O. The Labute approximate surface area is 102 Å². The summed E-state index contributed by atoms with van der Waals surface area (Å²) in [5.74, 6) is 0.352. The molecule has 2 heterocycles. The highest BCUT2D eigenvalue weighted by Crippen LogP contribution is 2.08. The quantitative estimate of drug-likeness (QED) is 0.745. The lowest BCUT2D eigenvalue weighted by molar-refractivity contribution is 0.625. The molecule has 0 aliphatic rings. The summed E-state index contributed by atoms with van der Waals surface area (Å²) in [6.07, 6.45) is 0.457. The summed E-state index contributed by atoms with van der Waals surface area (Å²) in [6, 6.07) is 11.2. The Bertz CT molecular complexity index is 760. The van der Waals surface area contributed by atoms with Crippen LogP contribution in [0.3, 0.4) is 0 Å². The van der Waals surface area contributed by atoms with Gasteiger partial charge in [0, 0.05) is 12.5 Å². The summed E-state index contributed by atoms with van der Waals surface area (Å²) in [5.41, 5.74) is 1.21. The van der Waals surface area contributed by atoms with E-state index in [-0.39, 0.29) is 11.4 Å². The van der Waals surface area contributed by atoms with Crippen LogP contribution in [0.4, 0.5) is 4.39 Å². The van der Waals surface area contributed by atoms with E-state index in [1.54, 1.807) is 18.2 Å². The van der Waals surface area contributed by atoms with Gasteiger partial charge in [-0.05, 0) is 23.8 Å². The lowest BCUT2D eigenvalue weighted by atomic mass is 10.1. The van der Waals surface area contributed by atoms with Gasteiger partial charge in [0.25, 0.3) is 5.56 Å². The lowest BCUT2D eigenvalue weighted by Crippen LogP contribution is -2.11. The first-order valence-corrected chi connectivity index (χ1v) is 5.53. The average molecular weight is 243 g/mol. The monoisotopic (exact) mass is 243 g/mol. The van der Waals surface area contributed by atoms with Crippen LogP contribution in [0.1, 0.15) is 11.4 Å². The number of H-pyrrole nitrogens is 1. The minimum atomic E-state index is -0.277. The van der Waals surface area contributed by atoms with E-state index in [9.17, 15) is 9.18 Å². The molecule has 90 valence electrons. The highest BCUT2D eigenvalue weighted by atomic mass is 19.1. The molecule has 3 rings (SSSR count). The number of fused-ring (bicyclic) bond motifs is 1. The molecule has 0 aliphatic heterocycles. The van der Waals surface area contributed by atoms with Crippen molar-refractivity contribution in [2.24, 2.45) is 0 Å². The number of benzene rings is 1. The first-order valence-electron chi connectivity index (χ1n) is 5.53. The fraction of sp³-hybridized carbons (Fsp3) is 0.0769. The highest BCUT2D eigenvalue weighted by Gasteiger charge is 2.04. The predicted molar refractivity (Wildman–Crippen MR) is 65.0 cm³/mol. The van der Waals surface area contributed by atoms with E-state index in [1.807, 2.05) is 6.07 Å². The Morgan fingerprint density at radius 2 is 2.06 bits per heavy atom. The van der Waals surface area contributed by atoms with Crippen molar-refractivity contribution in [3.05, 3.63) is 70.0 Å². The van der Waals surface area contributed by atoms with Crippen molar-refractivity contribution in [3.8, 4) is 0 Å². The normalized spacial score (nSPS) is 10.9. The van der Waals surface area contributed by atoms with E-state index in [1.165, 1.54) is 22.7 Å². The lowest BCUT2D eigenvalue weighted by Gasteiger charge is -1.97. The Kier molecular flexibility index (Phi) is 2.44. The van der Waals surface area contributed by atoms with Crippen molar-refractivity contribution in [1.82, 2.24) is 14.6 Å². The number of nitrogens with zero attached hydrogens (tertiary/aromatic N) is 2. The second-order valence-corrected chi connectivity index (χ2v) is 4.03. The predicted octanol–water partition coefficient (Wildman–Crippen LogP) is 1.75. The number of aromatic amines is 1. The van der Waals surface area contributed by atoms with Crippen molar-refractivity contribution in [3.63, 3.8) is 0 Å². The zero-order valence-electron chi connectivity index (χ0n) is 9.43. The first-order chi connectivity index (χ1) is 8.72. The number of nitrogens with one attached hydrogen (secondary N) is 1. The van der Waals surface area contributed by atoms with Crippen LogP contribution in [0, 0.1) is 5.82 Å². The summed E-state index contributed by atoms with van der Waals surface area (Å²) in [5, 5.41) is 2.90. The molecule has 1 aromatic carbocycles. The molecule has 0 atom stereocenters. The molecule has 1 N–H and O–H groups in total. The molecule has 2 aromatic heterocycles. The van der Waals surface area contributed by atoms with Gasteiger partial charge < -0.3 is 0 Å². The van der Waals surface area contributed by atoms with Crippen LogP contribution in [-0.4, -0.2) is 14.6 Å². The maximum absolute atomic E-state index is 13.1. The molecule has 0 amide bonds. The molecule has 4 nitrogen and oxygen atoms in total. The van der Waals surface area contributed by atoms with Gasteiger partial charge >= 0.3 is 0 Å². The Balaban J connectivity index is 2.01. The van der Waals surface area contributed by atoms with Crippen LogP contribution in [0.15, 0.2) is 47.3 Å². The van der Waals surface area contributed by atoms with E-state index in [2.05, 4.69) is 10.1 Å². The molecule has 0 saturated carbocycles. The number of halogens is 1. The highest BCUT2D eigenvalue weighted by molar-refractivity contribution is 5.37. The van der Waals surface area contributed by atoms with Gasteiger partial charge in [-0.2, -0.15) is 0 Å². The standard InChI is InChI=1S/C13H10FN3O/c14-10-4-1-3-9(7-10)8-11-15-12-5-2-6-13(18)17(12)16-11/h1-7H,8H2,(H,15,16). The number of hydrogen-bond acceptors (Lipinski definition) is 2. The smallest absolute Gasteiger partial charge is 0.271 e. The van der Waals surface area contributed by atoms with Crippen molar-refractivity contribution in [2.75, 3.05) is 0 Å². The minimum Gasteiger partial charge on any atom is -0.276 e. The van der Waals surface area contributed by atoms with Gasteiger partial charge in [0.05, 0.1) is 0 Å². The molecule has 0 aliphatic carbocycles. The topological polar surface area (TPSA) is 50.2 Å². The molecule has 0 radical (unpaired) electrons.